The molecule has 0 bridgehead atoms. The van der Waals surface area contributed by atoms with Gasteiger partial charge < -0.3 is 9.47 Å². The predicted octanol–water partition coefficient (Wildman–Crippen LogP) is 3.48. The van der Waals surface area contributed by atoms with Crippen LogP contribution in [0.3, 0.4) is 0 Å². The summed E-state index contributed by atoms with van der Waals surface area (Å²) in [6.45, 7) is 9.60. The van der Waals surface area contributed by atoms with Crippen molar-refractivity contribution in [2.24, 2.45) is 0 Å². The lowest BCUT2D eigenvalue weighted by molar-refractivity contribution is -0.127. The molecule has 3 aromatic rings. The Morgan fingerprint density at radius 3 is 2.52 bits per heavy atom. The third-order valence-electron chi connectivity index (χ3n) is 5.88. The van der Waals surface area contributed by atoms with Gasteiger partial charge in [0.1, 0.15) is 10.0 Å². The van der Waals surface area contributed by atoms with Crippen LogP contribution in [0, 0.1) is 13.8 Å². The molecule has 1 aliphatic heterocycles. The molecule has 0 unspecified atom stereocenters. The SMILES string of the molecule is Cc1cc(/C=C/C(=O)N2CCN(S(=O)(=O)c3cccs3)CC2)c(C)n1-c1ccnn1C(C)C. The first-order chi connectivity index (χ1) is 15.7. The van der Waals surface area contributed by atoms with Crippen molar-refractivity contribution in [3.8, 4) is 5.82 Å². The number of hydrogen-bond donors (Lipinski definition) is 0. The predicted molar refractivity (Wildman–Crippen MR) is 130 cm³/mol. The number of aryl methyl sites for hydroxylation is 1. The van der Waals surface area contributed by atoms with Gasteiger partial charge in [0.15, 0.2) is 0 Å². The fourth-order valence-electron chi connectivity index (χ4n) is 4.14. The molecular weight excluding hydrogens is 458 g/mol. The maximum Gasteiger partial charge on any atom is 0.252 e. The molecule has 10 heteroatoms. The minimum absolute atomic E-state index is 0.111. The van der Waals surface area contributed by atoms with Crippen LogP contribution in [-0.2, 0) is 14.8 Å². The Kier molecular flexibility index (Phi) is 6.60. The van der Waals surface area contributed by atoms with Crippen molar-refractivity contribution in [3.05, 3.63) is 58.9 Å². The van der Waals surface area contributed by atoms with Crippen molar-refractivity contribution >= 4 is 33.3 Å². The molecule has 0 radical (unpaired) electrons. The Morgan fingerprint density at radius 1 is 1.15 bits per heavy atom. The van der Waals surface area contributed by atoms with E-state index in [1.165, 1.54) is 15.6 Å². The number of nitrogens with zero attached hydrogens (tertiary/aromatic N) is 5. The molecule has 0 N–H and O–H groups in total. The molecule has 1 saturated heterocycles. The zero-order valence-electron chi connectivity index (χ0n) is 19.3. The van der Waals surface area contributed by atoms with Crippen LogP contribution in [0.2, 0.25) is 0 Å². The number of carbonyl (C=O) groups is 1. The van der Waals surface area contributed by atoms with E-state index in [9.17, 15) is 13.2 Å². The summed E-state index contributed by atoms with van der Waals surface area (Å²) in [6.07, 6.45) is 5.22. The largest absolute Gasteiger partial charge is 0.337 e. The van der Waals surface area contributed by atoms with Gasteiger partial charge in [-0.2, -0.15) is 9.40 Å². The van der Waals surface area contributed by atoms with Crippen LogP contribution in [0.25, 0.3) is 11.9 Å². The average molecular weight is 488 g/mol. The van der Waals surface area contributed by atoms with Gasteiger partial charge in [-0.05, 0) is 56.8 Å². The molecule has 0 atom stereocenters. The van der Waals surface area contributed by atoms with E-state index in [1.54, 1.807) is 34.7 Å². The summed E-state index contributed by atoms with van der Waals surface area (Å²) >= 11 is 1.21. The van der Waals surface area contributed by atoms with Crippen LogP contribution in [-0.4, -0.2) is 64.1 Å². The van der Waals surface area contributed by atoms with E-state index in [-0.39, 0.29) is 11.9 Å². The van der Waals surface area contributed by atoms with E-state index in [4.69, 9.17) is 0 Å². The first-order valence-corrected chi connectivity index (χ1v) is 13.3. The van der Waals surface area contributed by atoms with Gasteiger partial charge in [-0.15, -0.1) is 11.3 Å². The number of hydrogen-bond acceptors (Lipinski definition) is 5. The molecule has 0 aliphatic carbocycles. The van der Waals surface area contributed by atoms with Crippen LogP contribution >= 0.6 is 11.3 Å². The number of rotatable bonds is 6. The molecule has 1 fully saturated rings. The summed E-state index contributed by atoms with van der Waals surface area (Å²) in [4.78, 5) is 14.5. The van der Waals surface area contributed by atoms with Crippen LogP contribution in [0.4, 0.5) is 0 Å². The highest BCUT2D eigenvalue weighted by atomic mass is 32.2. The Morgan fingerprint density at radius 2 is 1.88 bits per heavy atom. The number of aromatic nitrogens is 3. The van der Waals surface area contributed by atoms with Gasteiger partial charge in [0, 0.05) is 55.8 Å². The topological polar surface area (TPSA) is 80.4 Å². The Bertz CT molecular complexity index is 1260. The van der Waals surface area contributed by atoms with Crippen molar-refractivity contribution in [1.29, 1.82) is 0 Å². The normalized spacial score (nSPS) is 15.7. The summed E-state index contributed by atoms with van der Waals surface area (Å²) in [5.41, 5.74) is 3.07. The van der Waals surface area contributed by atoms with Gasteiger partial charge >= 0.3 is 0 Å². The van der Waals surface area contributed by atoms with E-state index in [0.717, 1.165) is 22.8 Å². The van der Waals surface area contributed by atoms with Gasteiger partial charge in [-0.3, -0.25) is 4.79 Å². The van der Waals surface area contributed by atoms with E-state index in [1.807, 2.05) is 30.7 Å². The molecular formula is C23H29N5O3S2. The minimum Gasteiger partial charge on any atom is -0.337 e. The molecule has 1 amide bonds. The second-order valence-electron chi connectivity index (χ2n) is 8.38. The van der Waals surface area contributed by atoms with Crippen molar-refractivity contribution < 1.29 is 13.2 Å². The van der Waals surface area contributed by atoms with Crippen molar-refractivity contribution in [1.82, 2.24) is 23.6 Å². The molecule has 0 aromatic carbocycles. The van der Waals surface area contributed by atoms with Gasteiger partial charge in [0.05, 0.1) is 6.20 Å². The van der Waals surface area contributed by atoms with Gasteiger partial charge in [0.25, 0.3) is 10.0 Å². The number of amides is 1. The second kappa shape index (κ2) is 9.28. The summed E-state index contributed by atoms with van der Waals surface area (Å²) in [7, 11) is -3.48. The molecule has 0 saturated carbocycles. The van der Waals surface area contributed by atoms with E-state index in [2.05, 4.69) is 29.6 Å². The second-order valence-corrected chi connectivity index (χ2v) is 11.5. The van der Waals surface area contributed by atoms with Crippen molar-refractivity contribution in [3.63, 3.8) is 0 Å². The monoisotopic (exact) mass is 487 g/mol. The average Bonchev–Trinajstić information content (AvgIpc) is 3.53. The maximum absolute atomic E-state index is 12.8. The summed E-state index contributed by atoms with van der Waals surface area (Å²) < 4.78 is 31.3. The number of piperazine rings is 1. The Balaban J connectivity index is 1.44. The number of sulfonamides is 1. The molecule has 8 nitrogen and oxygen atoms in total. The third-order valence-corrected chi connectivity index (χ3v) is 9.15. The molecule has 3 aromatic heterocycles. The minimum atomic E-state index is -3.48. The summed E-state index contributed by atoms with van der Waals surface area (Å²) in [6, 6.07) is 7.63. The molecule has 4 rings (SSSR count). The molecule has 4 heterocycles. The first-order valence-electron chi connectivity index (χ1n) is 10.9. The van der Waals surface area contributed by atoms with E-state index in [0.29, 0.717) is 30.4 Å². The molecule has 1 aliphatic rings. The third kappa shape index (κ3) is 4.55. The quantitative estimate of drug-likeness (QED) is 0.499. The fourth-order valence-corrected chi connectivity index (χ4v) is 6.71. The standard InChI is InChI=1S/C23H29N5O3S2/c1-17(2)28-21(9-10-24-28)27-18(3)16-20(19(27)4)7-8-22(29)25-11-13-26(14-12-25)33(30,31)23-6-5-15-32-23/h5-10,15-17H,11-14H2,1-4H3/b8-7+. The smallest absolute Gasteiger partial charge is 0.252 e. The number of carbonyl (C=O) groups excluding carboxylic acids is 1. The van der Waals surface area contributed by atoms with Crippen LogP contribution in [0.15, 0.2) is 46.1 Å². The highest BCUT2D eigenvalue weighted by Crippen LogP contribution is 2.24. The van der Waals surface area contributed by atoms with Crippen LogP contribution in [0.5, 0.6) is 0 Å². The van der Waals surface area contributed by atoms with Crippen molar-refractivity contribution in [2.75, 3.05) is 26.2 Å². The molecule has 33 heavy (non-hydrogen) atoms. The van der Waals surface area contributed by atoms with E-state index >= 15 is 0 Å². The van der Waals surface area contributed by atoms with Crippen LogP contribution < -0.4 is 0 Å². The van der Waals surface area contributed by atoms with Crippen molar-refractivity contribution in [2.45, 2.75) is 37.9 Å². The van der Waals surface area contributed by atoms with Gasteiger partial charge in [-0.1, -0.05) is 6.07 Å². The zero-order chi connectivity index (χ0) is 23.8. The molecule has 176 valence electrons. The zero-order valence-corrected chi connectivity index (χ0v) is 20.9. The molecule has 0 spiro atoms. The highest BCUT2D eigenvalue weighted by molar-refractivity contribution is 7.91. The Hall–Kier alpha value is -2.69. The highest BCUT2D eigenvalue weighted by Gasteiger charge is 2.30. The lowest BCUT2D eigenvalue weighted by Crippen LogP contribution is -2.50. The fraction of sp³-hybridized carbons (Fsp3) is 0.391. The summed E-state index contributed by atoms with van der Waals surface area (Å²) in [5, 5.41) is 6.18. The lowest BCUT2D eigenvalue weighted by atomic mass is 10.2. The van der Waals surface area contributed by atoms with Crippen LogP contribution in [0.1, 0.15) is 36.8 Å². The first kappa shape index (κ1) is 23.5. The van der Waals surface area contributed by atoms with Gasteiger partial charge in [-0.25, -0.2) is 13.1 Å². The summed E-state index contributed by atoms with van der Waals surface area (Å²) in [5.74, 6) is 0.884. The Labute approximate surface area is 198 Å². The lowest BCUT2D eigenvalue weighted by Gasteiger charge is -2.33. The van der Waals surface area contributed by atoms with E-state index < -0.39 is 10.0 Å². The maximum atomic E-state index is 12.8. The van der Waals surface area contributed by atoms with Gasteiger partial charge in [0.2, 0.25) is 5.91 Å². The number of thiophene rings is 1.